The van der Waals surface area contributed by atoms with E-state index in [1.165, 1.54) is 154 Å². The molecule has 0 aromatic carbocycles. The fourth-order valence-electron chi connectivity index (χ4n) is 10.1. The molecule has 0 aliphatic rings. The van der Waals surface area contributed by atoms with E-state index in [4.69, 9.17) is 37.0 Å². The second-order valence-corrected chi connectivity index (χ2v) is 28.1. The highest BCUT2D eigenvalue weighted by Gasteiger charge is 2.30. The second kappa shape index (κ2) is 59.4. The number of unbranched alkanes of at least 4 members (excludes halogenated alkanes) is 36. The number of aliphatic hydroxyl groups excluding tert-OH is 1. The van der Waals surface area contributed by atoms with E-state index in [1.807, 2.05) is 0 Å². The van der Waals surface area contributed by atoms with Crippen LogP contribution in [0.4, 0.5) is 0 Å². The molecule has 0 aliphatic heterocycles. The lowest BCUT2D eigenvalue weighted by Crippen LogP contribution is -2.30. The lowest BCUT2D eigenvalue weighted by molar-refractivity contribution is -0.161. The van der Waals surface area contributed by atoms with Crippen LogP contribution in [0, 0.1) is 11.8 Å². The van der Waals surface area contributed by atoms with E-state index in [0.717, 1.165) is 95.8 Å². The van der Waals surface area contributed by atoms with Gasteiger partial charge in [0.2, 0.25) is 0 Å². The van der Waals surface area contributed by atoms with Crippen LogP contribution >= 0.6 is 15.6 Å². The summed E-state index contributed by atoms with van der Waals surface area (Å²) < 4.78 is 68.1. The normalized spacial score (nSPS) is 14.2. The van der Waals surface area contributed by atoms with Crippen LogP contribution in [0.15, 0.2) is 0 Å². The first-order valence-electron chi connectivity index (χ1n) is 35.0. The summed E-state index contributed by atoms with van der Waals surface area (Å²) >= 11 is 0. The molecule has 0 saturated carbocycles. The quantitative estimate of drug-likeness (QED) is 0.0222. The standard InChI is InChI=1S/C67H130O17P2/c1-7-9-11-13-15-17-18-19-23-27-31-38-44-50-65(70)78-55-62(83-66(71)51-45-39-32-28-24-21-20-22-26-29-35-41-47-59(3)4)57-81-85(73,74)79-53-61(68)54-80-86(75,76)82-58-63(84-67(72)52-46-40-34-33-36-42-48-60(5)6)56-77-64(69)49-43-37-30-25-16-14-12-10-8-2/h59-63,68H,7-58H2,1-6H3,(H,73,74)(H,75,76)/t61-,62-,63-/m1/s1. The molecule has 86 heavy (non-hydrogen) atoms. The monoisotopic (exact) mass is 1270 g/mol. The van der Waals surface area contributed by atoms with Crippen LogP contribution in [0.1, 0.15) is 337 Å². The molecule has 0 aromatic heterocycles. The minimum absolute atomic E-state index is 0.102. The molecule has 0 amide bonds. The van der Waals surface area contributed by atoms with Gasteiger partial charge in [0.15, 0.2) is 12.2 Å². The summed E-state index contributed by atoms with van der Waals surface area (Å²) in [6.07, 6.45) is 43.2. The molecule has 510 valence electrons. The molecule has 3 N–H and O–H groups in total. The van der Waals surface area contributed by atoms with Crippen molar-refractivity contribution in [2.75, 3.05) is 39.6 Å². The van der Waals surface area contributed by atoms with Crippen molar-refractivity contribution in [1.29, 1.82) is 0 Å². The molecule has 0 aromatic rings. The number of carbonyl (C=O) groups excluding carboxylic acids is 4. The van der Waals surface area contributed by atoms with Crippen LogP contribution in [-0.2, 0) is 65.4 Å². The Morgan fingerprint density at radius 3 is 0.791 bits per heavy atom. The van der Waals surface area contributed by atoms with Crippen LogP contribution in [0.5, 0.6) is 0 Å². The van der Waals surface area contributed by atoms with Crippen LogP contribution in [-0.4, -0.2) is 96.7 Å². The molecule has 0 spiro atoms. The molecule has 0 fully saturated rings. The van der Waals surface area contributed by atoms with E-state index >= 15 is 0 Å². The maximum atomic E-state index is 13.0. The Morgan fingerprint density at radius 1 is 0.314 bits per heavy atom. The predicted molar refractivity (Wildman–Crippen MR) is 345 cm³/mol. The molecule has 19 heteroatoms. The molecule has 0 rings (SSSR count). The fraction of sp³-hybridized carbons (Fsp3) is 0.940. The van der Waals surface area contributed by atoms with Crippen LogP contribution in [0.2, 0.25) is 0 Å². The van der Waals surface area contributed by atoms with Crippen LogP contribution in [0.3, 0.4) is 0 Å². The average Bonchev–Trinajstić information content (AvgIpc) is 3.68. The maximum Gasteiger partial charge on any atom is 0.472 e. The van der Waals surface area contributed by atoms with Gasteiger partial charge in [-0.1, -0.05) is 286 Å². The van der Waals surface area contributed by atoms with E-state index in [1.54, 1.807) is 0 Å². The fourth-order valence-corrected chi connectivity index (χ4v) is 11.6. The first kappa shape index (κ1) is 84.1. The summed E-state index contributed by atoms with van der Waals surface area (Å²) in [4.78, 5) is 72.3. The third-order valence-corrected chi connectivity index (χ3v) is 17.4. The Hall–Kier alpha value is -1.94. The van der Waals surface area contributed by atoms with E-state index in [0.29, 0.717) is 31.6 Å². The maximum absolute atomic E-state index is 13.0. The summed E-state index contributed by atoms with van der Waals surface area (Å²) in [6.45, 7) is 9.43. The molecular formula is C67H130O17P2. The molecular weight excluding hydrogens is 1140 g/mol. The van der Waals surface area contributed by atoms with Crippen molar-refractivity contribution in [3.05, 3.63) is 0 Å². The summed E-state index contributed by atoms with van der Waals surface area (Å²) in [5, 5.41) is 10.6. The smallest absolute Gasteiger partial charge is 0.462 e. The van der Waals surface area contributed by atoms with Gasteiger partial charge < -0.3 is 33.8 Å². The van der Waals surface area contributed by atoms with Gasteiger partial charge in [-0.2, -0.15) is 0 Å². The molecule has 2 unspecified atom stereocenters. The van der Waals surface area contributed by atoms with Crippen molar-refractivity contribution in [3.8, 4) is 0 Å². The average molecular weight is 1270 g/mol. The lowest BCUT2D eigenvalue weighted by atomic mass is 10.0. The Morgan fingerprint density at radius 2 is 0.535 bits per heavy atom. The predicted octanol–water partition coefficient (Wildman–Crippen LogP) is 18.8. The molecule has 0 aliphatic carbocycles. The van der Waals surface area contributed by atoms with Gasteiger partial charge in [-0.25, -0.2) is 9.13 Å². The van der Waals surface area contributed by atoms with Crippen molar-refractivity contribution < 1.29 is 80.2 Å². The number of rotatable bonds is 66. The van der Waals surface area contributed by atoms with Crippen molar-refractivity contribution in [3.63, 3.8) is 0 Å². The number of esters is 4. The SMILES string of the molecule is CCCCCCCCCCCCCCCC(=O)OC[C@H](COP(=O)(O)OC[C@@H](O)COP(=O)(O)OC[C@@H](COC(=O)CCCCCCCCCCC)OC(=O)CCCCCCCCC(C)C)OC(=O)CCCCCCCCCCCCCCC(C)C. The topological polar surface area (TPSA) is 237 Å². The van der Waals surface area contributed by atoms with Crippen molar-refractivity contribution >= 4 is 39.5 Å². The first-order valence-corrected chi connectivity index (χ1v) is 38.0. The van der Waals surface area contributed by atoms with Gasteiger partial charge in [0.1, 0.15) is 19.3 Å². The highest BCUT2D eigenvalue weighted by atomic mass is 31.2. The third-order valence-electron chi connectivity index (χ3n) is 15.5. The van der Waals surface area contributed by atoms with Gasteiger partial charge >= 0.3 is 39.5 Å². The van der Waals surface area contributed by atoms with Crippen LogP contribution in [0.25, 0.3) is 0 Å². The Bertz CT molecular complexity index is 1680. The Balaban J connectivity index is 5.22. The highest BCUT2D eigenvalue weighted by Crippen LogP contribution is 2.45. The number of hydrogen-bond donors (Lipinski definition) is 3. The minimum atomic E-state index is -4.95. The van der Waals surface area contributed by atoms with E-state index in [-0.39, 0.29) is 25.7 Å². The first-order chi connectivity index (χ1) is 41.4. The molecule has 17 nitrogen and oxygen atoms in total. The molecule has 0 heterocycles. The highest BCUT2D eigenvalue weighted by molar-refractivity contribution is 7.47. The summed E-state index contributed by atoms with van der Waals surface area (Å²) in [5.41, 5.74) is 0. The molecule has 5 atom stereocenters. The van der Waals surface area contributed by atoms with Gasteiger partial charge in [-0.15, -0.1) is 0 Å². The van der Waals surface area contributed by atoms with E-state index in [9.17, 15) is 43.2 Å². The molecule has 0 bridgehead atoms. The van der Waals surface area contributed by atoms with Crippen molar-refractivity contribution in [1.82, 2.24) is 0 Å². The zero-order chi connectivity index (χ0) is 63.6. The summed E-state index contributed by atoms with van der Waals surface area (Å²) in [6, 6.07) is 0. The van der Waals surface area contributed by atoms with Crippen LogP contribution < -0.4 is 0 Å². The minimum Gasteiger partial charge on any atom is -0.462 e. The van der Waals surface area contributed by atoms with Gasteiger partial charge in [0.05, 0.1) is 26.4 Å². The molecule has 0 radical (unpaired) electrons. The van der Waals surface area contributed by atoms with E-state index < -0.39 is 97.5 Å². The van der Waals surface area contributed by atoms with Gasteiger partial charge in [-0.05, 0) is 37.5 Å². The van der Waals surface area contributed by atoms with Crippen molar-refractivity contribution in [2.45, 2.75) is 355 Å². The Labute approximate surface area is 524 Å². The van der Waals surface area contributed by atoms with E-state index in [2.05, 4.69) is 41.5 Å². The largest absolute Gasteiger partial charge is 0.472 e. The summed E-state index contributed by atoms with van der Waals surface area (Å²) in [7, 11) is -9.89. The summed E-state index contributed by atoms with van der Waals surface area (Å²) in [5.74, 6) is -0.686. The number of phosphoric ester groups is 2. The number of ether oxygens (including phenoxy) is 4. The Kier molecular flexibility index (Phi) is 58.0. The lowest BCUT2D eigenvalue weighted by Gasteiger charge is -2.21. The number of hydrogen-bond acceptors (Lipinski definition) is 15. The third kappa shape index (κ3) is 60.9. The number of aliphatic hydroxyl groups is 1. The second-order valence-electron chi connectivity index (χ2n) is 25.2. The molecule has 0 saturated heterocycles. The van der Waals surface area contributed by atoms with Gasteiger partial charge in [0, 0.05) is 25.7 Å². The number of carbonyl (C=O) groups is 4. The van der Waals surface area contributed by atoms with Crippen molar-refractivity contribution in [2.24, 2.45) is 11.8 Å². The number of phosphoric acid groups is 2. The zero-order valence-corrected chi connectivity index (χ0v) is 57.4. The zero-order valence-electron chi connectivity index (χ0n) is 55.6. The van der Waals surface area contributed by atoms with Gasteiger partial charge in [0.25, 0.3) is 0 Å². The van der Waals surface area contributed by atoms with Gasteiger partial charge in [-0.3, -0.25) is 37.3 Å².